The zero-order valence-corrected chi connectivity index (χ0v) is 13.6. The van der Waals surface area contributed by atoms with Crippen LogP contribution in [0.15, 0.2) is 42.5 Å². The number of para-hydroxylation sites is 2. The van der Waals surface area contributed by atoms with E-state index in [-0.39, 0.29) is 22.6 Å². The average Bonchev–Trinajstić information content (AvgIpc) is 2.51. The van der Waals surface area contributed by atoms with Crippen molar-refractivity contribution in [3.8, 4) is 11.5 Å². The number of carbonyl (C=O) groups is 2. The highest BCUT2D eigenvalue weighted by molar-refractivity contribution is 5.92. The fraction of sp³-hybridized carbons (Fsp3) is 0.222. The minimum Gasteiger partial charge on any atom is -0.478 e. The summed E-state index contributed by atoms with van der Waals surface area (Å²) in [5, 5.41) is 18.5. The van der Waals surface area contributed by atoms with Crippen LogP contribution in [0.4, 0.5) is 0 Å². The first-order valence-corrected chi connectivity index (χ1v) is 7.25. The zero-order chi connectivity index (χ0) is 17.9. The summed E-state index contributed by atoms with van der Waals surface area (Å²) in [5.41, 5.74) is 0.101. The highest BCUT2D eigenvalue weighted by Crippen LogP contribution is 2.35. The van der Waals surface area contributed by atoms with Crippen LogP contribution in [0.3, 0.4) is 0 Å². The summed E-state index contributed by atoms with van der Waals surface area (Å²) in [6.45, 7) is 5.73. The summed E-state index contributed by atoms with van der Waals surface area (Å²) in [4.78, 5) is 33.1. The number of hydrogen-bond acceptors (Lipinski definition) is 4. The first-order chi connectivity index (χ1) is 11.2. The summed E-state index contributed by atoms with van der Waals surface area (Å²) in [7, 11) is 0. The molecule has 2 rings (SSSR count). The molecule has 0 saturated carbocycles. The van der Waals surface area contributed by atoms with Gasteiger partial charge in [-0.25, -0.2) is 9.59 Å². The molecule has 2 aromatic rings. The number of carboxylic acids is 2. The lowest BCUT2D eigenvalue weighted by atomic mass is 9.85. The standard InChI is InChI=1S/C18H18O6/c1-18(2,3)13-9-6-8-12(17(21)22)15(13)24-23-14-10-5-4-7-11(14)16(19)20/h4-10H,1-3H3,(H,19,20)(H,21,22). The first kappa shape index (κ1) is 17.3. The second-order valence-electron chi connectivity index (χ2n) is 6.21. The third-order valence-electron chi connectivity index (χ3n) is 3.39. The van der Waals surface area contributed by atoms with Crippen molar-refractivity contribution in [3.05, 3.63) is 59.2 Å². The van der Waals surface area contributed by atoms with Gasteiger partial charge in [-0.1, -0.05) is 45.0 Å². The molecule has 0 spiro atoms. The number of benzene rings is 2. The summed E-state index contributed by atoms with van der Waals surface area (Å²) in [5.74, 6) is -2.29. The Morgan fingerprint density at radius 3 is 2.00 bits per heavy atom. The van der Waals surface area contributed by atoms with Gasteiger partial charge in [0, 0.05) is 5.56 Å². The Labute approximate surface area is 139 Å². The van der Waals surface area contributed by atoms with Gasteiger partial charge in [0.25, 0.3) is 0 Å². The molecule has 126 valence electrons. The van der Waals surface area contributed by atoms with E-state index in [0.717, 1.165) is 0 Å². The highest BCUT2D eigenvalue weighted by Gasteiger charge is 2.25. The number of rotatable bonds is 5. The third kappa shape index (κ3) is 3.65. The molecule has 6 heteroatoms. The lowest BCUT2D eigenvalue weighted by molar-refractivity contribution is -0.102. The summed E-state index contributed by atoms with van der Waals surface area (Å²) in [6.07, 6.45) is 0. The van der Waals surface area contributed by atoms with Gasteiger partial charge in [-0.05, 0) is 23.6 Å². The van der Waals surface area contributed by atoms with Crippen molar-refractivity contribution in [1.82, 2.24) is 0 Å². The number of hydrogen-bond donors (Lipinski definition) is 2. The van der Waals surface area contributed by atoms with Crippen molar-refractivity contribution in [3.63, 3.8) is 0 Å². The first-order valence-electron chi connectivity index (χ1n) is 7.25. The van der Waals surface area contributed by atoms with Crippen molar-refractivity contribution >= 4 is 11.9 Å². The Bertz CT molecular complexity index is 773. The van der Waals surface area contributed by atoms with Crippen molar-refractivity contribution in [2.24, 2.45) is 0 Å². The smallest absolute Gasteiger partial charge is 0.339 e. The molecule has 0 aliphatic carbocycles. The molecular formula is C18H18O6. The van der Waals surface area contributed by atoms with Gasteiger partial charge in [-0.3, -0.25) is 9.78 Å². The van der Waals surface area contributed by atoms with Gasteiger partial charge in [-0.2, -0.15) is 0 Å². The maximum atomic E-state index is 11.5. The Morgan fingerprint density at radius 2 is 1.42 bits per heavy atom. The van der Waals surface area contributed by atoms with E-state index in [9.17, 15) is 14.7 Å². The predicted molar refractivity (Wildman–Crippen MR) is 86.8 cm³/mol. The van der Waals surface area contributed by atoms with Crippen molar-refractivity contribution < 1.29 is 29.6 Å². The van der Waals surface area contributed by atoms with Crippen LogP contribution in [0.2, 0.25) is 0 Å². The van der Waals surface area contributed by atoms with E-state index in [1.54, 1.807) is 24.3 Å². The van der Waals surface area contributed by atoms with E-state index >= 15 is 0 Å². The lowest BCUT2D eigenvalue weighted by Gasteiger charge is -2.23. The van der Waals surface area contributed by atoms with Gasteiger partial charge in [0.15, 0.2) is 11.5 Å². The van der Waals surface area contributed by atoms with Crippen molar-refractivity contribution in [1.29, 1.82) is 0 Å². The molecule has 0 aromatic heterocycles. The van der Waals surface area contributed by atoms with Crippen LogP contribution < -0.4 is 9.78 Å². The molecule has 0 bridgehead atoms. The summed E-state index contributed by atoms with van der Waals surface area (Å²) >= 11 is 0. The van der Waals surface area contributed by atoms with Crippen LogP contribution in [0.25, 0.3) is 0 Å². The van der Waals surface area contributed by atoms with Crippen LogP contribution in [0.5, 0.6) is 11.5 Å². The van der Waals surface area contributed by atoms with E-state index in [1.165, 1.54) is 18.2 Å². The number of carboxylic acid groups (broad SMARTS) is 2. The normalized spacial score (nSPS) is 11.0. The molecule has 0 heterocycles. The monoisotopic (exact) mass is 330 g/mol. The van der Waals surface area contributed by atoms with Crippen LogP contribution in [-0.4, -0.2) is 22.2 Å². The summed E-state index contributed by atoms with van der Waals surface area (Å²) < 4.78 is 0. The molecule has 0 aliphatic rings. The van der Waals surface area contributed by atoms with E-state index in [2.05, 4.69) is 0 Å². The topological polar surface area (TPSA) is 93.1 Å². The molecule has 0 radical (unpaired) electrons. The Kier molecular flexibility index (Phi) is 4.78. The van der Waals surface area contributed by atoms with Crippen LogP contribution >= 0.6 is 0 Å². The molecule has 0 aliphatic heterocycles. The Hall–Kier alpha value is -3.02. The van der Waals surface area contributed by atoms with E-state index in [1.807, 2.05) is 20.8 Å². The van der Waals surface area contributed by atoms with Crippen LogP contribution in [0, 0.1) is 0 Å². The van der Waals surface area contributed by atoms with Crippen molar-refractivity contribution in [2.75, 3.05) is 0 Å². The minimum absolute atomic E-state index is 0.00921. The van der Waals surface area contributed by atoms with Crippen LogP contribution in [-0.2, 0) is 5.41 Å². The maximum absolute atomic E-state index is 11.5. The molecule has 2 N–H and O–H groups in total. The van der Waals surface area contributed by atoms with Gasteiger partial charge in [0.2, 0.25) is 0 Å². The second-order valence-corrected chi connectivity index (χ2v) is 6.21. The van der Waals surface area contributed by atoms with Crippen LogP contribution in [0.1, 0.15) is 47.1 Å². The highest BCUT2D eigenvalue weighted by atomic mass is 17.2. The Morgan fingerprint density at radius 1 is 0.833 bits per heavy atom. The quantitative estimate of drug-likeness (QED) is 0.640. The molecular weight excluding hydrogens is 312 g/mol. The van der Waals surface area contributed by atoms with Gasteiger partial charge < -0.3 is 10.2 Å². The molecule has 0 fully saturated rings. The maximum Gasteiger partial charge on any atom is 0.339 e. The van der Waals surface area contributed by atoms with Crippen molar-refractivity contribution in [2.45, 2.75) is 26.2 Å². The predicted octanol–water partition coefficient (Wildman–Crippen LogP) is 3.75. The molecule has 0 amide bonds. The third-order valence-corrected chi connectivity index (χ3v) is 3.39. The number of aromatic carboxylic acids is 2. The Balaban J connectivity index is 2.43. The second kappa shape index (κ2) is 6.62. The zero-order valence-electron chi connectivity index (χ0n) is 13.6. The SMILES string of the molecule is CC(C)(C)c1cccc(C(=O)O)c1OOc1ccccc1C(=O)O. The molecule has 0 saturated heterocycles. The van der Waals surface area contributed by atoms with Gasteiger partial charge in [0.05, 0.1) is 0 Å². The molecule has 6 nitrogen and oxygen atoms in total. The van der Waals surface area contributed by atoms with E-state index in [0.29, 0.717) is 5.56 Å². The molecule has 0 unspecified atom stereocenters. The average molecular weight is 330 g/mol. The summed E-state index contributed by atoms with van der Waals surface area (Å²) in [6, 6.07) is 10.7. The van der Waals surface area contributed by atoms with Gasteiger partial charge in [0.1, 0.15) is 11.1 Å². The fourth-order valence-electron chi connectivity index (χ4n) is 2.19. The molecule has 24 heavy (non-hydrogen) atoms. The molecule has 0 atom stereocenters. The van der Waals surface area contributed by atoms with E-state index in [4.69, 9.17) is 14.9 Å². The lowest BCUT2D eigenvalue weighted by Crippen LogP contribution is -2.17. The fourth-order valence-corrected chi connectivity index (χ4v) is 2.19. The van der Waals surface area contributed by atoms with Gasteiger partial charge >= 0.3 is 11.9 Å². The van der Waals surface area contributed by atoms with E-state index < -0.39 is 17.4 Å². The molecule has 2 aromatic carbocycles. The largest absolute Gasteiger partial charge is 0.478 e. The minimum atomic E-state index is -1.17. The van der Waals surface area contributed by atoms with Gasteiger partial charge in [-0.15, -0.1) is 0 Å².